The Morgan fingerprint density at radius 3 is 2.61 bits per heavy atom. The van der Waals surface area contributed by atoms with Crippen LogP contribution in [0.15, 0.2) is 36.5 Å². The number of anilines is 1. The first-order chi connectivity index (χ1) is 16.8. The Hall–Kier alpha value is -1.92. The van der Waals surface area contributed by atoms with Gasteiger partial charge in [-0.05, 0) is 24.1 Å². The Morgan fingerprint density at radius 2 is 1.94 bits per heavy atom. The highest BCUT2D eigenvalue weighted by molar-refractivity contribution is 7.70. The summed E-state index contributed by atoms with van der Waals surface area (Å²) in [5, 5.41) is 15.4. The Balaban J connectivity index is 1.54. The summed E-state index contributed by atoms with van der Waals surface area (Å²) >= 11 is 6.24. The number of rotatable bonds is 9. The van der Waals surface area contributed by atoms with Crippen LogP contribution >= 0.6 is 26.8 Å². The molecule has 0 radical (unpaired) electrons. The molecule has 16 heteroatoms. The van der Waals surface area contributed by atoms with Gasteiger partial charge < -0.3 is 33.9 Å². The molecule has 1 aliphatic rings. The zero-order valence-corrected chi connectivity index (χ0v) is 21.9. The summed E-state index contributed by atoms with van der Waals surface area (Å²) in [6.45, 7) is 1.47. The number of fused-ring (bicyclic) bond motifs is 1. The van der Waals surface area contributed by atoms with Gasteiger partial charge in [0.05, 0.1) is 30.3 Å². The molecule has 0 spiro atoms. The molecule has 0 bridgehead atoms. The van der Waals surface area contributed by atoms with Crippen LogP contribution in [-0.4, -0.2) is 71.3 Å². The molecule has 0 aliphatic carbocycles. The van der Waals surface area contributed by atoms with Crippen LogP contribution < -0.4 is 4.90 Å². The van der Waals surface area contributed by atoms with Crippen LogP contribution in [0.4, 0.5) is 5.82 Å². The molecule has 2 aromatic heterocycles. The lowest BCUT2D eigenvalue weighted by Crippen LogP contribution is -2.26. The minimum absolute atomic E-state index is 0.0107. The van der Waals surface area contributed by atoms with E-state index in [9.17, 15) is 19.1 Å². The second kappa shape index (κ2) is 10.4. The molecule has 4 rings (SSSR count). The normalized spacial score (nSPS) is 23.0. The highest BCUT2D eigenvalue weighted by atomic mass is 35.5. The molecule has 5 atom stereocenters. The molecule has 4 N–H and O–H groups in total. The SMILES string of the molecule is C[C@H](c1ccccc1)N(C)c1nc(Cl)nc2c1cnn2[C@H]1C[C@H](O)[C@@H](COP(=O)(O)CP(=O)(O)O)O1. The van der Waals surface area contributed by atoms with Crippen molar-refractivity contribution < 1.29 is 38.2 Å². The maximum absolute atomic E-state index is 11.9. The molecule has 3 heterocycles. The van der Waals surface area contributed by atoms with Crippen LogP contribution in [-0.2, 0) is 18.4 Å². The van der Waals surface area contributed by atoms with E-state index >= 15 is 0 Å². The lowest BCUT2D eigenvalue weighted by Gasteiger charge is -2.27. The highest BCUT2D eigenvalue weighted by Gasteiger charge is 2.39. The van der Waals surface area contributed by atoms with Gasteiger partial charge in [-0.3, -0.25) is 9.13 Å². The van der Waals surface area contributed by atoms with Crippen LogP contribution in [0.3, 0.4) is 0 Å². The highest BCUT2D eigenvalue weighted by Crippen LogP contribution is 2.55. The summed E-state index contributed by atoms with van der Waals surface area (Å²) < 4.78 is 35.0. The van der Waals surface area contributed by atoms with Gasteiger partial charge in [0.25, 0.3) is 0 Å². The number of hydrogen-bond donors (Lipinski definition) is 4. The monoisotopic (exact) mass is 561 g/mol. The van der Waals surface area contributed by atoms with Crippen LogP contribution in [0.2, 0.25) is 5.28 Å². The van der Waals surface area contributed by atoms with Crippen LogP contribution in [0.1, 0.15) is 31.2 Å². The van der Waals surface area contributed by atoms with Crippen LogP contribution in [0.5, 0.6) is 0 Å². The third-order valence-electron chi connectivity index (χ3n) is 5.88. The van der Waals surface area contributed by atoms with Gasteiger partial charge in [0, 0.05) is 13.5 Å². The van der Waals surface area contributed by atoms with E-state index in [0.29, 0.717) is 16.9 Å². The van der Waals surface area contributed by atoms with Gasteiger partial charge in [0.1, 0.15) is 11.9 Å². The van der Waals surface area contributed by atoms with Gasteiger partial charge in [-0.15, -0.1) is 0 Å². The van der Waals surface area contributed by atoms with Crippen molar-refractivity contribution >= 4 is 43.6 Å². The van der Waals surface area contributed by atoms with E-state index in [4.69, 9.17) is 30.6 Å². The maximum atomic E-state index is 11.9. The van der Waals surface area contributed by atoms with Gasteiger partial charge in [-0.1, -0.05) is 30.3 Å². The standard InChI is InChI=1S/C20H26ClN5O8P2/c1-12(13-6-4-3-5-7-13)25(2)18-14-9-22-26(19(14)24-20(21)23-18)17-8-15(27)16(34-17)10-33-36(31,32)11-35(28,29)30/h3-7,9,12,15-17,27H,8,10-11H2,1-2H3,(H,31,32)(H2,28,29,30)/t12-,15+,16-,17-/m1/s1. The molecule has 1 fully saturated rings. The first-order valence-electron chi connectivity index (χ1n) is 10.9. The number of benzene rings is 1. The number of aliphatic hydroxyl groups is 1. The van der Waals surface area contributed by atoms with E-state index in [2.05, 4.69) is 15.1 Å². The molecule has 13 nitrogen and oxygen atoms in total. The van der Waals surface area contributed by atoms with Crippen molar-refractivity contribution in [2.75, 3.05) is 24.5 Å². The van der Waals surface area contributed by atoms with Gasteiger partial charge >= 0.3 is 15.2 Å². The Bertz CT molecular complexity index is 1320. The summed E-state index contributed by atoms with van der Waals surface area (Å²) in [7, 11) is -7.49. The molecular formula is C20H26ClN5O8P2. The lowest BCUT2D eigenvalue weighted by atomic mass is 10.1. The molecule has 0 amide bonds. The minimum atomic E-state index is -4.77. The average Bonchev–Trinajstić information content (AvgIpc) is 3.38. The second-order valence-electron chi connectivity index (χ2n) is 8.51. The number of nitrogens with zero attached hydrogens (tertiary/aromatic N) is 5. The molecular weight excluding hydrogens is 536 g/mol. The number of hydrogen-bond acceptors (Lipinski definition) is 9. The third kappa shape index (κ3) is 6.13. The average molecular weight is 562 g/mol. The van der Waals surface area contributed by atoms with Gasteiger partial charge in [0.15, 0.2) is 17.8 Å². The van der Waals surface area contributed by atoms with Crippen molar-refractivity contribution in [3.05, 3.63) is 47.4 Å². The number of aliphatic hydroxyl groups excluding tert-OH is 1. The maximum Gasteiger partial charge on any atom is 0.340 e. The fraction of sp³-hybridized carbons (Fsp3) is 0.450. The fourth-order valence-electron chi connectivity index (χ4n) is 3.98. The summed E-state index contributed by atoms with van der Waals surface area (Å²) in [5.41, 5.74) is 1.44. The van der Waals surface area contributed by atoms with Crippen molar-refractivity contribution in [3.8, 4) is 0 Å². The molecule has 0 saturated carbocycles. The van der Waals surface area contributed by atoms with E-state index in [0.717, 1.165) is 5.56 Å². The van der Waals surface area contributed by atoms with Gasteiger partial charge in [0.2, 0.25) is 5.28 Å². The fourth-order valence-corrected chi connectivity index (χ4v) is 6.71. The third-order valence-corrected chi connectivity index (χ3v) is 9.51. The largest absolute Gasteiger partial charge is 0.390 e. The zero-order chi connectivity index (χ0) is 26.3. The van der Waals surface area contributed by atoms with Crippen molar-refractivity contribution in [2.24, 2.45) is 0 Å². The Kier molecular flexibility index (Phi) is 7.87. The van der Waals surface area contributed by atoms with Crippen LogP contribution in [0.25, 0.3) is 11.0 Å². The smallest absolute Gasteiger partial charge is 0.340 e. The van der Waals surface area contributed by atoms with Crippen molar-refractivity contribution in [1.82, 2.24) is 19.7 Å². The summed E-state index contributed by atoms with van der Waals surface area (Å²) in [6, 6.07) is 9.80. The quantitative estimate of drug-likeness (QED) is 0.222. The molecule has 1 aromatic carbocycles. The lowest BCUT2D eigenvalue weighted by molar-refractivity contribution is -0.0434. The summed E-state index contributed by atoms with van der Waals surface area (Å²) in [5.74, 6) is -0.784. The molecule has 36 heavy (non-hydrogen) atoms. The molecule has 1 aliphatic heterocycles. The predicted molar refractivity (Wildman–Crippen MR) is 131 cm³/mol. The molecule has 1 unspecified atom stereocenters. The van der Waals surface area contributed by atoms with Crippen LogP contribution in [0, 0.1) is 0 Å². The number of aromatic nitrogens is 4. The Morgan fingerprint density at radius 1 is 1.25 bits per heavy atom. The van der Waals surface area contributed by atoms with Gasteiger partial charge in [-0.25, -0.2) is 4.68 Å². The van der Waals surface area contributed by atoms with E-state index in [-0.39, 0.29) is 17.7 Å². The van der Waals surface area contributed by atoms with Crippen molar-refractivity contribution in [1.29, 1.82) is 0 Å². The second-order valence-corrected chi connectivity index (χ2v) is 12.8. The predicted octanol–water partition coefficient (Wildman–Crippen LogP) is 2.66. The van der Waals surface area contributed by atoms with E-state index in [1.54, 1.807) is 6.20 Å². The first-order valence-corrected chi connectivity index (χ1v) is 14.8. The minimum Gasteiger partial charge on any atom is -0.390 e. The Labute approximate surface area is 211 Å². The summed E-state index contributed by atoms with van der Waals surface area (Å²) in [4.78, 5) is 38.2. The molecule has 3 aromatic rings. The van der Waals surface area contributed by atoms with Crippen molar-refractivity contribution in [3.63, 3.8) is 0 Å². The van der Waals surface area contributed by atoms with E-state index < -0.39 is 46.1 Å². The first kappa shape index (κ1) is 27.1. The molecule has 196 valence electrons. The zero-order valence-electron chi connectivity index (χ0n) is 19.3. The summed E-state index contributed by atoms with van der Waals surface area (Å²) in [6.07, 6.45) is -1.31. The number of ether oxygens (including phenoxy) is 1. The molecule has 1 saturated heterocycles. The van der Waals surface area contributed by atoms with Gasteiger partial charge in [-0.2, -0.15) is 15.1 Å². The van der Waals surface area contributed by atoms with E-state index in [1.807, 2.05) is 49.2 Å². The van der Waals surface area contributed by atoms with Crippen molar-refractivity contribution in [2.45, 2.75) is 37.8 Å². The van der Waals surface area contributed by atoms with E-state index in [1.165, 1.54) is 4.68 Å². The topological polar surface area (TPSA) is 180 Å². The number of halogens is 1.